The molecule has 0 bridgehead atoms. The van der Waals surface area contributed by atoms with Gasteiger partial charge in [-0.05, 0) is 54.4 Å². The number of rotatable bonds is 8. The number of benzene rings is 3. The fraction of sp³-hybridized carbons (Fsp3) is 0.154. The van der Waals surface area contributed by atoms with Crippen LogP contribution in [-0.2, 0) is 6.42 Å². The van der Waals surface area contributed by atoms with Crippen LogP contribution in [0.3, 0.4) is 0 Å². The van der Waals surface area contributed by atoms with Crippen LogP contribution in [0.15, 0.2) is 79.0 Å². The predicted octanol–water partition coefficient (Wildman–Crippen LogP) is 4.67. The van der Waals surface area contributed by atoms with Gasteiger partial charge in [0.2, 0.25) is 0 Å². The number of amides is 1. The Labute approximate surface area is 191 Å². The van der Waals surface area contributed by atoms with Gasteiger partial charge in [0, 0.05) is 18.3 Å². The largest absolute Gasteiger partial charge is 0.497 e. The van der Waals surface area contributed by atoms with Gasteiger partial charge >= 0.3 is 0 Å². The average molecular weight is 445 g/mol. The van der Waals surface area contributed by atoms with Crippen molar-refractivity contribution in [2.75, 3.05) is 20.8 Å². The van der Waals surface area contributed by atoms with Crippen molar-refractivity contribution in [2.24, 2.45) is 0 Å². The standard InChI is InChI=1S/C26H24FN3O3/c1-32-21-12-13-24(33-2)22(16-21)25-23(17-30(29-25)20-6-4-3-5-7-20)26(31)28-15-14-18-8-10-19(27)11-9-18/h3-13,16-17H,14-15H2,1-2H3,(H,28,31). The van der Waals surface area contributed by atoms with E-state index < -0.39 is 0 Å². The predicted molar refractivity (Wildman–Crippen MR) is 125 cm³/mol. The van der Waals surface area contributed by atoms with Gasteiger partial charge in [-0.2, -0.15) is 5.10 Å². The molecule has 0 saturated heterocycles. The first-order valence-electron chi connectivity index (χ1n) is 10.5. The maximum atomic E-state index is 13.2. The van der Waals surface area contributed by atoms with Crippen molar-refractivity contribution in [3.05, 3.63) is 95.9 Å². The number of hydrogen-bond donors (Lipinski definition) is 1. The van der Waals surface area contributed by atoms with Crippen LogP contribution < -0.4 is 14.8 Å². The Morgan fingerprint density at radius 2 is 1.76 bits per heavy atom. The van der Waals surface area contributed by atoms with Crippen LogP contribution in [0.1, 0.15) is 15.9 Å². The Balaban J connectivity index is 1.66. The maximum absolute atomic E-state index is 13.2. The van der Waals surface area contributed by atoms with Crippen molar-refractivity contribution >= 4 is 5.91 Å². The summed E-state index contributed by atoms with van der Waals surface area (Å²) >= 11 is 0. The lowest BCUT2D eigenvalue weighted by molar-refractivity contribution is 0.0954. The van der Waals surface area contributed by atoms with Gasteiger partial charge in [0.15, 0.2) is 0 Å². The van der Waals surface area contributed by atoms with E-state index in [1.54, 1.807) is 55.4 Å². The molecule has 33 heavy (non-hydrogen) atoms. The Bertz CT molecular complexity index is 1240. The van der Waals surface area contributed by atoms with Crippen LogP contribution in [0.25, 0.3) is 16.9 Å². The van der Waals surface area contributed by atoms with Gasteiger partial charge in [-0.3, -0.25) is 4.79 Å². The molecule has 0 radical (unpaired) electrons. The minimum atomic E-state index is -0.284. The Morgan fingerprint density at radius 3 is 2.45 bits per heavy atom. The maximum Gasteiger partial charge on any atom is 0.255 e. The highest BCUT2D eigenvalue weighted by Gasteiger charge is 2.22. The monoisotopic (exact) mass is 445 g/mol. The lowest BCUT2D eigenvalue weighted by Gasteiger charge is -2.10. The first kappa shape index (κ1) is 22.1. The Morgan fingerprint density at radius 1 is 1.00 bits per heavy atom. The number of methoxy groups -OCH3 is 2. The number of para-hydroxylation sites is 1. The molecule has 7 heteroatoms. The molecule has 1 aromatic heterocycles. The number of nitrogens with one attached hydrogen (secondary N) is 1. The molecule has 0 spiro atoms. The zero-order valence-corrected chi connectivity index (χ0v) is 18.4. The Hall–Kier alpha value is -4.13. The first-order chi connectivity index (χ1) is 16.1. The van der Waals surface area contributed by atoms with E-state index in [0.29, 0.717) is 41.3 Å². The molecule has 1 amide bonds. The summed E-state index contributed by atoms with van der Waals surface area (Å²) in [6.45, 7) is 0.398. The minimum Gasteiger partial charge on any atom is -0.497 e. The first-order valence-corrected chi connectivity index (χ1v) is 10.5. The van der Waals surface area contributed by atoms with Crippen LogP contribution in [0.2, 0.25) is 0 Å². The molecule has 0 fully saturated rings. The fourth-order valence-corrected chi connectivity index (χ4v) is 3.52. The molecule has 4 aromatic rings. The van der Waals surface area contributed by atoms with Gasteiger partial charge < -0.3 is 14.8 Å². The zero-order valence-electron chi connectivity index (χ0n) is 18.4. The molecule has 0 aliphatic carbocycles. The molecule has 3 aromatic carbocycles. The van der Waals surface area contributed by atoms with Crippen LogP contribution in [-0.4, -0.2) is 36.5 Å². The summed E-state index contributed by atoms with van der Waals surface area (Å²) in [5, 5.41) is 7.66. The van der Waals surface area contributed by atoms with E-state index in [1.165, 1.54) is 12.1 Å². The summed E-state index contributed by atoms with van der Waals surface area (Å²) in [5.74, 6) is 0.657. The number of carbonyl (C=O) groups excluding carboxylic acids is 1. The summed E-state index contributed by atoms with van der Waals surface area (Å²) in [4.78, 5) is 13.2. The van der Waals surface area contributed by atoms with E-state index in [2.05, 4.69) is 5.32 Å². The molecule has 0 unspecified atom stereocenters. The molecule has 4 rings (SSSR count). The van der Waals surface area contributed by atoms with Gasteiger partial charge in [-0.15, -0.1) is 0 Å². The summed E-state index contributed by atoms with van der Waals surface area (Å²) in [5.41, 5.74) is 3.30. The van der Waals surface area contributed by atoms with Gasteiger partial charge in [0.25, 0.3) is 5.91 Å². The summed E-state index contributed by atoms with van der Waals surface area (Å²) < 4.78 is 25.7. The summed E-state index contributed by atoms with van der Waals surface area (Å²) in [6, 6.07) is 21.2. The lowest BCUT2D eigenvalue weighted by atomic mass is 10.1. The van der Waals surface area contributed by atoms with Gasteiger partial charge in [-0.25, -0.2) is 9.07 Å². The molecule has 0 saturated carbocycles. The quantitative estimate of drug-likeness (QED) is 0.428. The van der Waals surface area contributed by atoms with E-state index in [4.69, 9.17) is 14.6 Å². The Kier molecular flexibility index (Phi) is 6.69. The van der Waals surface area contributed by atoms with Gasteiger partial charge in [0.05, 0.1) is 25.5 Å². The number of carbonyl (C=O) groups is 1. The molecule has 1 heterocycles. The number of aromatic nitrogens is 2. The molecular weight excluding hydrogens is 421 g/mol. The van der Waals surface area contributed by atoms with Crippen LogP contribution >= 0.6 is 0 Å². The SMILES string of the molecule is COc1ccc(OC)c(-c2nn(-c3ccccc3)cc2C(=O)NCCc2ccc(F)cc2)c1. The number of nitrogens with zero attached hydrogens (tertiary/aromatic N) is 2. The normalized spacial score (nSPS) is 10.6. The van der Waals surface area contributed by atoms with E-state index in [9.17, 15) is 9.18 Å². The van der Waals surface area contributed by atoms with Crippen LogP contribution in [0.5, 0.6) is 11.5 Å². The van der Waals surface area contributed by atoms with Gasteiger partial charge in [0.1, 0.15) is 23.0 Å². The van der Waals surface area contributed by atoms with Gasteiger partial charge in [-0.1, -0.05) is 30.3 Å². The molecule has 0 atom stereocenters. The highest BCUT2D eigenvalue weighted by Crippen LogP contribution is 2.35. The summed E-state index contributed by atoms with van der Waals surface area (Å²) in [7, 11) is 3.15. The second kappa shape index (κ2) is 9.99. The van der Waals surface area contributed by atoms with E-state index in [0.717, 1.165) is 11.3 Å². The van der Waals surface area contributed by atoms with Crippen LogP contribution in [0.4, 0.5) is 4.39 Å². The van der Waals surface area contributed by atoms with E-state index >= 15 is 0 Å². The second-order valence-electron chi connectivity index (χ2n) is 7.37. The zero-order chi connectivity index (χ0) is 23.2. The molecule has 0 aliphatic rings. The van der Waals surface area contributed by atoms with Crippen molar-refractivity contribution in [3.8, 4) is 28.4 Å². The molecule has 6 nitrogen and oxygen atoms in total. The molecule has 168 valence electrons. The van der Waals surface area contributed by atoms with Crippen molar-refractivity contribution in [3.63, 3.8) is 0 Å². The third-order valence-corrected chi connectivity index (χ3v) is 5.25. The second-order valence-corrected chi connectivity index (χ2v) is 7.37. The number of halogens is 1. The fourth-order valence-electron chi connectivity index (χ4n) is 3.52. The lowest BCUT2D eigenvalue weighted by Crippen LogP contribution is -2.25. The molecule has 1 N–H and O–H groups in total. The van der Waals surface area contributed by atoms with Crippen molar-refractivity contribution in [2.45, 2.75) is 6.42 Å². The summed E-state index contributed by atoms with van der Waals surface area (Å²) in [6.07, 6.45) is 2.29. The molecular formula is C26H24FN3O3. The van der Waals surface area contributed by atoms with E-state index in [1.807, 2.05) is 30.3 Å². The van der Waals surface area contributed by atoms with Crippen molar-refractivity contribution in [1.29, 1.82) is 0 Å². The highest BCUT2D eigenvalue weighted by molar-refractivity contribution is 6.00. The number of hydrogen-bond acceptors (Lipinski definition) is 4. The van der Waals surface area contributed by atoms with Crippen LogP contribution in [0, 0.1) is 5.82 Å². The van der Waals surface area contributed by atoms with E-state index in [-0.39, 0.29) is 11.7 Å². The third-order valence-electron chi connectivity index (χ3n) is 5.25. The van der Waals surface area contributed by atoms with Crippen molar-refractivity contribution in [1.82, 2.24) is 15.1 Å². The minimum absolute atomic E-state index is 0.265. The molecule has 0 aliphatic heterocycles. The smallest absolute Gasteiger partial charge is 0.255 e. The average Bonchev–Trinajstić information content (AvgIpc) is 3.31. The number of ether oxygens (including phenoxy) is 2. The van der Waals surface area contributed by atoms with Crippen molar-refractivity contribution < 1.29 is 18.7 Å². The third kappa shape index (κ3) is 5.03. The topological polar surface area (TPSA) is 65.4 Å². The highest BCUT2D eigenvalue weighted by atomic mass is 19.1.